The summed E-state index contributed by atoms with van der Waals surface area (Å²) in [6, 6.07) is 13.6. The number of benzene rings is 2. The molecule has 2 aromatic carbocycles. The number of hydrogen-bond donors (Lipinski definition) is 3. The van der Waals surface area contributed by atoms with Crippen molar-refractivity contribution in [1.29, 1.82) is 0 Å². The van der Waals surface area contributed by atoms with Crippen molar-refractivity contribution in [2.75, 3.05) is 6.54 Å². The molecule has 0 bridgehead atoms. The molecule has 0 radical (unpaired) electrons. The average Bonchev–Trinajstić information content (AvgIpc) is 3.41. The molecule has 0 aliphatic carbocycles. The number of halogens is 1. The smallest absolute Gasteiger partial charge is 0.240 e. The molecule has 8 heteroatoms. The fourth-order valence-electron chi connectivity index (χ4n) is 3.49. The fourth-order valence-corrected chi connectivity index (χ4v) is 3.49. The molecule has 3 N–H and O–H groups in total. The summed E-state index contributed by atoms with van der Waals surface area (Å²) >= 11 is 0. The van der Waals surface area contributed by atoms with Crippen LogP contribution in [-0.2, 0) is 24.2 Å². The number of carbonyl (C=O) groups is 1. The predicted octanol–water partition coefficient (Wildman–Crippen LogP) is 1.53. The molecule has 3 aromatic rings. The normalized spacial score (nSPS) is 18.5. The monoisotopic (exact) mass is 409 g/mol. The van der Waals surface area contributed by atoms with E-state index in [0.29, 0.717) is 19.5 Å². The van der Waals surface area contributed by atoms with E-state index in [9.17, 15) is 14.3 Å². The summed E-state index contributed by atoms with van der Waals surface area (Å²) in [4.78, 5) is 12.1. The predicted molar refractivity (Wildman–Crippen MR) is 109 cm³/mol. The molecular formula is C22H24FN5O2. The van der Waals surface area contributed by atoms with Crippen LogP contribution in [0.1, 0.15) is 23.2 Å². The Morgan fingerprint density at radius 1 is 1.13 bits per heavy atom. The van der Waals surface area contributed by atoms with Crippen molar-refractivity contribution in [1.82, 2.24) is 25.6 Å². The summed E-state index contributed by atoms with van der Waals surface area (Å²) < 4.78 is 14.7. The topological polar surface area (TPSA) is 92.1 Å². The first-order valence-electron chi connectivity index (χ1n) is 10.0. The molecule has 4 rings (SSSR count). The molecule has 1 aliphatic heterocycles. The van der Waals surface area contributed by atoms with Gasteiger partial charge in [-0.15, -0.1) is 5.10 Å². The highest BCUT2D eigenvalue weighted by atomic mass is 19.1. The third-order valence-electron chi connectivity index (χ3n) is 5.26. The number of aromatic nitrogens is 3. The van der Waals surface area contributed by atoms with E-state index < -0.39 is 12.1 Å². The molecule has 30 heavy (non-hydrogen) atoms. The maximum Gasteiger partial charge on any atom is 0.240 e. The third-order valence-corrected chi connectivity index (χ3v) is 5.26. The summed E-state index contributed by atoms with van der Waals surface area (Å²) in [5.41, 5.74) is 3.74. The van der Waals surface area contributed by atoms with Gasteiger partial charge in [0, 0.05) is 6.54 Å². The summed E-state index contributed by atoms with van der Waals surface area (Å²) in [6.07, 6.45) is 3.33. The van der Waals surface area contributed by atoms with Crippen molar-refractivity contribution >= 4 is 5.91 Å². The van der Waals surface area contributed by atoms with E-state index in [-0.39, 0.29) is 11.7 Å². The highest BCUT2D eigenvalue weighted by molar-refractivity contribution is 5.82. The Morgan fingerprint density at radius 3 is 2.57 bits per heavy atom. The van der Waals surface area contributed by atoms with Crippen LogP contribution in [-0.4, -0.2) is 44.7 Å². The van der Waals surface area contributed by atoms with Gasteiger partial charge in [0.25, 0.3) is 0 Å². The van der Waals surface area contributed by atoms with Crippen LogP contribution in [0.15, 0.2) is 54.7 Å². The first-order valence-corrected chi connectivity index (χ1v) is 10.0. The van der Waals surface area contributed by atoms with E-state index in [1.807, 2.05) is 30.5 Å². The van der Waals surface area contributed by atoms with Crippen molar-refractivity contribution in [3.8, 4) is 5.69 Å². The quantitative estimate of drug-likeness (QED) is 0.551. The molecule has 1 aromatic heterocycles. The summed E-state index contributed by atoms with van der Waals surface area (Å²) in [5, 5.41) is 24.0. The number of carbonyl (C=O) groups excluding carboxylic acids is 1. The van der Waals surface area contributed by atoms with Crippen LogP contribution in [0.25, 0.3) is 5.69 Å². The van der Waals surface area contributed by atoms with Crippen LogP contribution in [0.4, 0.5) is 4.39 Å². The molecule has 7 nitrogen and oxygen atoms in total. The van der Waals surface area contributed by atoms with E-state index in [4.69, 9.17) is 0 Å². The van der Waals surface area contributed by atoms with Crippen LogP contribution in [0.5, 0.6) is 0 Å². The molecule has 2 atom stereocenters. The molecule has 0 spiro atoms. The van der Waals surface area contributed by atoms with Gasteiger partial charge in [0.15, 0.2) is 0 Å². The maximum atomic E-state index is 13.0. The zero-order valence-corrected chi connectivity index (χ0v) is 16.5. The Morgan fingerprint density at radius 2 is 1.87 bits per heavy atom. The second-order valence-electron chi connectivity index (χ2n) is 7.45. The van der Waals surface area contributed by atoms with E-state index in [1.54, 1.807) is 16.8 Å². The minimum absolute atomic E-state index is 0.189. The Kier molecular flexibility index (Phi) is 6.15. The van der Waals surface area contributed by atoms with Gasteiger partial charge in [-0.25, -0.2) is 9.07 Å². The summed E-state index contributed by atoms with van der Waals surface area (Å²) in [7, 11) is 0. The average molecular weight is 409 g/mol. The standard InChI is InChI=1S/C22H24FN5O2/c23-17-6-1-15(2-7-17)3-8-18-14-28(27-26-18)19-9-4-16(5-10-19)13-25-22(30)21-20(29)11-12-24-21/h1-2,4-7,9-10,14,20-21,24,29H,3,8,11-13H2,(H,25,30). The number of aliphatic hydroxyl groups excluding tert-OH is 1. The van der Waals surface area contributed by atoms with Gasteiger partial charge in [-0.2, -0.15) is 0 Å². The molecule has 156 valence electrons. The van der Waals surface area contributed by atoms with Crippen LogP contribution in [0, 0.1) is 5.82 Å². The zero-order chi connectivity index (χ0) is 20.9. The first kappa shape index (κ1) is 20.2. The summed E-state index contributed by atoms with van der Waals surface area (Å²) in [5.74, 6) is -0.424. The number of amides is 1. The molecule has 1 fully saturated rings. The Bertz CT molecular complexity index is 988. The molecule has 2 unspecified atom stereocenters. The molecule has 1 amide bonds. The van der Waals surface area contributed by atoms with Gasteiger partial charge in [-0.05, 0) is 61.2 Å². The number of rotatable bonds is 7. The SMILES string of the molecule is O=C(NCc1ccc(-n2cc(CCc3ccc(F)cc3)nn2)cc1)C1NCCC1O. The van der Waals surface area contributed by atoms with Gasteiger partial charge < -0.3 is 15.7 Å². The first-order chi connectivity index (χ1) is 14.6. The Balaban J connectivity index is 1.30. The molecular weight excluding hydrogens is 385 g/mol. The van der Waals surface area contributed by atoms with Gasteiger partial charge in [0.1, 0.15) is 11.9 Å². The van der Waals surface area contributed by atoms with Crippen molar-refractivity contribution in [3.63, 3.8) is 0 Å². The van der Waals surface area contributed by atoms with Crippen LogP contribution >= 0.6 is 0 Å². The van der Waals surface area contributed by atoms with Crippen LogP contribution in [0.3, 0.4) is 0 Å². The number of nitrogens with zero attached hydrogens (tertiary/aromatic N) is 3. The van der Waals surface area contributed by atoms with Crippen molar-refractivity contribution in [3.05, 3.63) is 77.4 Å². The molecule has 2 heterocycles. The van der Waals surface area contributed by atoms with Crippen LogP contribution in [0.2, 0.25) is 0 Å². The van der Waals surface area contributed by atoms with Crippen LogP contribution < -0.4 is 10.6 Å². The second-order valence-corrected chi connectivity index (χ2v) is 7.45. The lowest BCUT2D eigenvalue weighted by Crippen LogP contribution is -2.45. The minimum atomic E-state index is -0.628. The number of aryl methyl sites for hydroxylation is 2. The van der Waals surface area contributed by atoms with E-state index >= 15 is 0 Å². The third kappa shape index (κ3) is 4.90. The van der Waals surface area contributed by atoms with Crippen molar-refractivity contribution in [2.24, 2.45) is 0 Å². The van der Waals surface area contributed by atoms with Crippen molar-refractivity contribution in [2.45, 2.75) is 38.0 Å². The molecule has 0 saturated carbocycles. The second kappa shape index (κ2) is 9.15. The fraction of sp³-hybridized carbons (Fsp3) is 0.318. The van der Waals surface area contributed by atoms with Gasteiger partial charge in [-0.1, -0.05) is 29.5 Å². The highest BCUT2D eigenvalue weighted by Crippen LogP contribution is 2.12. The molecule has 1 aliphatic rings. The van der Waals surface area contributed by atoms with Gasteiger partial charge in [-0.3, -0.25) is 4.79 Å². The van der Waals surface area contributed by atoms with E-state index in [2.05, 4.69) is 20.9 Å². The van der Waals surface area contributed by atoms with E-state index in [0.717, 1.165) is 35.3 Å². The number of hydrogen-bond acceptors (Lipinski definition) is 5. The summed E-state index contributed by atoms with van der Waals surface area (Å²) in [6.45, 7) is 1.04. The Labute approximate surface area is 173 Å². The number of aliphatic hydroxyl groups is 1. The lowest BCUT2D eigenvalue weighted by atomic mass is 10.1. The number of nitrogens with one attached hydrogen (secondary N) is 2. The largest absolute Gasteiger partial charge is 0.391 e. The lowest BCUT2D eigenvalue weighted by molar-refractivity contribution is -0.124. The van der Waals surface area contributed by atoms with Gasteiger partial charge in [0.2, 0.25) is 5.91 Å². The van der Waals surface area contributed by atoms with Gasteiger partial charge >= 0.3 is 0 Å². The maximum absolute atomic E-state index is 13.0. The highest BCUT2D eigenvalue weighted by Gasteiger charge is 2.30. The zero-order valence-electron chi connectivity index (χ0n) is 16.5. The van der Waals surface area contributed by atoms with Crippen molar-refractivity contribution < 1.29 is 14.3 Å². The van der Waals surface area contributed by atoms with E-state index in [1.165, 1.54) is 12.1 Å². The van der Waals surface area contributed by atoms with Gasteiger partial charge in [0.05, 0.1) is 23.7 Å². The Hall–Kier alpha value is -3.10. The minimum Gasteiger partial charge on any atom is -0.391 e. The molecule has 1 saturated heterocycles. The lowest BCUT2D eigenvalue weighted by Gasteiger charge is -2.14.